The molecule has 4 nitrogen and oxygen atoms in total. The number of anilines is 1. The molecule has 3 rings (SSSR count). The van der Waals surface area contributed by atoms with Gasteiger partial charge in [-0.3, -0.25) is 4.79 Å². The van der Waals surface area contributed by atoms with Crippen molar-refractivity contribution in [1.29, 1.82) is 0 Å². The maximum absolute atomic E-state index is 12.2. The van der Waals surface area contributed by atoms with E-state index in [1.165, 1.54) is 19.3 Å². The predicted molar refractivity (Wildman–Crippen MR) is 88.3 cm³/mol. The Kier molecular flexibility index (Phi) is 4.19. The highest BCUT2D eigenvalue weighted by Crippen LogP contribution is 2.49. The quantitative estimate of drug-likeness (QED) is 0.758. The number of hydrogen-bond donors (Lipinski definition) is 2. The van der Waals surface area contributed by atoms with E-state index in [0.717, 1.165) is 15.9 Å². The molecule has 0 radical (unpaired) electrons. The van der Waals surface area contributed by atoms with Crippen LogP contribution in [0.1, 0.15) is 42.5 Å². The zero-order chi connectivity index (χ0) is 15.0. The van der Waals surface area contributed by atoms with Gasteiger partial charge < -0.3 is 10.4 Å². The van der Waals surface area contributed by atoms with Crippen LogP contribution in [0.5, 0.6) is 0 Å². The van der Waals surface area contributed by atoms with Crippen molar-refractivity contribution >= 4 is 40.2 Å². The first-order valence-corrected chi connectivity index (χ1v) is 8.43. The first kappa shape index (κ1) is 14.8. The van der Waals surface area contributed by atoms with Gasteiger partial charge in [-0.25, -0.2) is 4.79 Å². The Balaban J connectivity index is 1.66. The van der Waals surface area contributed by atoms with Crippen LogP contribution in [0.3, 0.4) is 0 Å². The Hall–Kier alpha value is -1.11. The molecular formula is C16H18INO3. The summed E-state index contributed by atoms with van der Waals surface area (Å²) in [5.41, 5.74) is 0.555. The standard InChI is InChI=1S/C16H18INO3/c17-12-3-4-14(13(8-12)16(20)21)18-15(19)7-11-6-9-1-2-10(11)5-9/h3-4,8-11H,1-2,5-7H2,(H,18,19)(H,20,21). The van der Waals surface area contributed by atoms with E-state index in [1.54, 1.807) is 18.2 Å². The summed E-state index contributed by atoms with van der Waals surface area (Å²) >= 11 is 2.07. The van der Waals surface area contributed by atoms with Gasteiger partial charge in [0, 0.05) is 9.99 Å². The van der Waals surface area contributed by atoms with E-state index >= 15 is 0 Å². The molecule has 3 atom stereocenters. The van der Waals surface area contributed by atoms with Crippen molar-refractivity contribution in [2.45, 2.75) is 32.1 Å². The number of nitrogens with one attached hydrogen (secondary N) is 1. The number of halogens is 1. The molecule has 5 heteroatoms. The summed E-state index contributed by atoms with van der Waals surface area (Å²) in [7, 11) is 0. The Morgan fingerprint density at radius 2 is 2.10 bits per heavy atom. The fourth-order valence-electron chi connectivity index (χ4n) is 3.87. The number of carboxylic acids is 1. The highest BCUT2D eigenvalue weighted by Gasteiger charge is 2.40. The lowest BCUT2D eigenvalue weighted by atomic mass is 9.86. The molecule has 1 aromatic rings. The summed E-state index contributed by atoms with van der Waals surface area (Å²) < 4.78 is 0.844. The molecule has 0 saturated heterocycles. The van der Waals surface area contributed by atoms with Crippen molar-refractivity contribution in [2.24, 2.45) is 17.8 Å². The summed E-state index contributed by atoms with van der Waals surface area (Å²) in [6.07, 6.45) is 5.54. The number of hydrogen-bond acceptors (Lipinski definition) is 2. The summed E-state index contributed by atoms with van der Waals surface area (Å²) in [5, 5.41) is 12.0. The van der Waals surface area contributed by atoms with Gasteiger partial charge in [-0.2, -0.15) is 0 Å². The van der Waals surface area contributed by atoms with Crippen LogP contribution in [0.25, 0.3) is 0 Å². The molecule has 2 aliphatic carbocycles. The van der Waals surface area contributed by atoms with E-state index in [-0.39, 0.29) is 11.5 Å². The zero-order valence-corrected chi connectivity index (χ0v) is 13.8. The van der Waals surface area contributed by atoms with Crippen LogP contribution < -0.4 is 5.32 Å². The topological polar surface area (TPSA) is 66.4 Å². The summed E-state index contributed by atoms with van der Waals surface area (Å²) in [5.74, 6) is 0.943. The Morgan fingerprint density at radius 3 is 2.71 bits per heavy atom. The van der Waals surface area contributed by atoms with E-state index in [4.69, 9.17) is 0 Å². The highest BCUT2D eigenvalue weighted by molar-refractivity contribution is 14.1. The molecule has 3 unspecified atom stereocenters. The van der Waals surface area contributed by atoms with Crippen LogP contribution in [-0.4, -0.2) is 17.0 Å². The smallest absolute Gasteiger partial charge is 0.337 e. The van der Waals surface area contributed by atoms with E-state index < -0.39 is 5.97 Å². The van der Waals surface area contributed by atoms with Gasteiger partial charge in [0.05, 0.1) is 11.3 Å². The number of rotatable bonds is 4. The molecule has 0 aliphatic heterocycles. The molecule has 112 valence electrons. The van der Waals surface area contributed by atoms with Gasteiger partial charge in [-0.1, -0.05) is 6.42 Å². The first-order chi connectivity index (χ1) is 10.0. The minimum atomic E-state index is -1.01. The molecule has 2 bridgehead atoms. The zero-order valence-electron chi connectivity index (χ0n) is 11.6. The molecular weight excluding hydrogens is 381 g/mol. The third kappa shape index (κ3) is 3.22. The molecule has 0 spiro atoms. The maximum atomic E-state index is 12.2. The van der Waals surface area contributed by atoms with Gasteiger partial charge in [-0.15, -0.1) is 0 Å². The van der Waals surface area contributed by atoms with Gasteiger partial charge in [0.15, 0.2) is 0 Å². The Labute approximate surface area is 137 Å². The molecule has 2 N–H and O–H groups in total. The molecule has 0 aromatic heterocycles. The van der Waals surface area contributed by atoms with Crippen LogP contribution in [0.15, 0.2) is 18.2 Å². The van der Waals surface area contributed by atoms with Crippen molar-refractivity contribution in [3.8, 4) is 0 Å². The normalized spacial score (nSPS) is 26.8. The van der Waals surface area contributed by atoms with E-state index in [1.807, 2.05) is 0 Å². The minimum absolute atomic E-state index is 0.0590. The predicted octanol–water partition coefficient (Wildman–Crippen LogP) is 3.75. The highest BCUT2D eigenvalue weighted by atomic mass is 127. The number of benzene rings is 1. The maximum Gasteiger partial charge on any atom is 0.337 e. The van der Waals surface area contributed by atoms with Gasteiger partial charge in [0.25, 0.3) is 0 Å². The Morgan fingerprint density at radius 1 is 1.29 bits per heavy atom. The van der Waals surface area contributed by atoms with Crippen molar-refractivity contribution in [2.75, 3.05) is 5.32 Å². The third-order valence-corrected chi connectivity index (χ3v) is 5.49. The Bertz CT molecular complexity index is 587. The van der Waals surface area contributed by atoms with Crippen molar-refractivity contribution < 1.29 is 14.7 Å². The van der Waals surface area contributed by atoms with Crippen LogP contribution in [0.2, 0.25) is 0 Å². The average Bonchev–Trinajstić information content (AvgIpc) is 3.02. The number of amides is 1. The van der Waals surface area contributed by atoms with Crippen LogP contribution in [0, 0.1) is 21.3 Å². The number of carbonyl (C=O) groups excluding carboxylic acids is 1. The van der Waals surface area contributed by atoms with Gasteiger partial charge in [0.2, 0.25) is 5.91 Å². The second-order valence-corrected chi connectivity index (χ2v) is 7.43. The van der Waals surface area contributed by atoms with E-state index in [0.29, 0.717) is 23.9 Å². The molecule has 2 aliphatic rings. The summed E-state index contributed by atoms with van der Waals surface area (Å²) in [6.45, 7) is 0. The fraction of sp³-hybridized carbons (Fsp3) is 0.500. The minimum Gasteiger partial charge on any atom is -0.478 e. The molecule has 1 amide bonds. The van der Waals surface area contributed by atoms with Crippen LogP contribution in [0.4, 0.5) is 5.69 Å². The average molecular weight is 399 g/mol. The van der Waals surface area contributed by atoms with Crippen molar-refractivity contribution in [3.05, 3.63) is 27.3 Å². The van der Waals surface area contributed by atoms with Crippen molar-refractivity contribution in [3.63, 3.8) is 0 Å². The van der Waals surface area contributed by atoms with E-state index in [2.05, 4.69) is 27.9 Å². The van der Waals surface area contributed by atoms with Crippen molar-refractivity contribution in [1.82, 2.24) is 0 Å². The second kappa shape index (κ2) is 5.94. The van der Waals surface area contributed by atoms with Gasteiger partial charge in [-0.05, 0) is 77.8 Å². The number of carbonyl (C=O) groups is 2. The first-order valence-electron chi connectivity index (χ1n) is 7.35. The van der Waals surface area contributed by atoms with Gasteiger partial charge >= 0.3 is 5.97 Å². The molecule has 0 heterocycles. The van der Waals surface area contributed by atoms with Crippen LogP contribution >= 0.6 is 22.6 Å². The lowest BCUT2D eigenvalue weighted by molar-refractivity contribution is -0.117. The number of carboxylic acid groups (broad SMARTS) is 1. The molecule has 1 aromatic carbocycles. The molecule has 21 heavy (non-hydrogen) atoms. The SMILES string of the molecule is O=C(CC1CC2CCC1C2)Nc1ccc(I)cc1C(=O)O. The van der Waals surface area contributed by atoms with Crippen LogP contribution in [-0.2, 0) is 4.79 Å². The molecule has 2 fully saturated rings. The third-order valence-electron chi connectivity index (χ3n) is 4.82. The largest absolute Gasteiger partial charge is 0.478 e. The molecule has 2 saturated carbocycles. The number of aromatic carboxylic acids is 1. The summed E-state index contributed by atoms with van der Waals surface area (Å²) in [4.78, 5) is 23.4. The monoisotopic (exact) mass is 399 g/mol. The van der Waals surface area contributed by atoms with E-state index in [9.17, 15) is 14.7 Å². The summed E-state index contributed by atoms with van der Waals surface area (Å²) in [6, 6.07) is 5.06. The lowest BCUT2D eigenvalue weighted by Gasteiger charge is -2.21. The second-order valence-electron chi connectivity index (χ2n) is 6.18. The van der Waals surface area contributed by atoms with Gasteiger partial charge in [0.1, 0.15) is 0 Å². The fourth-order valence-corrected chi connectivity index (χ4v) is 4.36. The lowest BCUT2D eigenvalue weighted by Crippen LogP contribution is -2.21. The number of fused-ring (bicyclic) bond motifs is 2.